The molecule has 6 nitrogen and oxygen atoms in total. The number of guanidine groups is 1. The van der Waals surface area contributed by atoms with Crippen molar-refractivity contribution in [2.24, 2.45) is 4.99 Å². The van der Waals surface area contributed by atoms with Crippen molar-refractivity contribution < 1.29 is 9.53 Å². The topological polar surface area (TPSA) is 57.2 Å². The van der Waals surface area contributed by atoms with Gasteiger partial charge in [-0.15, -0.1) is 24.0 Å². The van der Waals surface area contributed by atoms with Crippen molar-refractivity contribution in [3.8, 4) is 5.75 Å². The third kappa shape index (κ3) is 7.72. The molecule has 1 amide bonds. The van der Waals surface area contributed by atoms with E-state index in [0.717, 1.165) is 55.3 Å². The van der Waals surface area contributed by atoms with Crippen LogP contribution >= 0.6 is 24.0 Å². The molecule has 2 aromatic rings. The molecule has 0 spiro atoms. The van der Waals surface area contributed by atoms with Gasteiger partial charge in [0.25, 0.3) is 5.91 Å². The Morgan fingerprint density at radius 2 is 1.74 bits per heavy atom. The van der Waals surface area contributed by atoms with E-state index in [1.807, 2.05) is 71.4 Å². The van der Waals surface area contributed by atoms with Crippen molar-refractivity contribution >= 4 is 35.8 Å². The summed E-state index contributed by atoms with van der Waals surface area (Å²) < 4.78 is 5.76. The number of amides is 1. The highest BCUT2D eigenvalue weighted by Gasteiger charge is 2.17. The summed E-state index contributed by atoms with van der Waals surface area (Å²) in [4.78, 5) is 20.9. The van der Waals surface area contributed by atoms with Crippen LogP contribution in [-0.4, -0.2) is 62.0 Å². The van der Waals surface area contributed by atoms with Gasteiger partial charge in [0, 0.05) is 39.3 Å². The number of hydrogen-bond acceptors (Lipinski definition) is 3. The molecular weight excluding hydrogens is 503 g/mol. The SMILES string of the molecule is CN=C(NCc1ccc(C(=O)N2CCCCC2)cc1)N(C)CCOc1ccccc1.I. The standard InChI is InChI=1S/C24H32N4O2.HI/c1-25-24(27(2)17-18-30-22-9-5-3-6-10-22)26-19-20-11-13-21(14-12-20)23(29)28-15-7-4-8-16-28;/h3,5-6,9-14H,4,7-8,15-19H2,1-2H3,(H,25,26);1H. The maximum absolute atomic E-state index is 12.6. The van der Waals surface area contributed by atoms with E-state index in [4.69, 9.17) is 4.74 Å². The second-order valence-electron chi connectivity index (χ2n) is 7.53. The Morgan fingerprint density at radius 3 is 2.39 bits per heavy atom. The lowest BCUT2D eigenvalue weighted by molar-refractivity contribution is 0.0724. The molecular formula is C24H33IN4O2. The van der Waals surface area contributed by atoms with Crippen LogP contribution < -0.4 is 10.1 Å². The van der Waals surface area contributed by atoms with Crippen molar-refractivity contribution in [1.82, 2.24) is 15.1 Å². The number of hydrogen-bond donors (Lipinski definition) is 1. The van der Waals surface area contributed by atoms with Gasteiger partial charge < -0.3 is 19.9 Å². The van der Waals surface area contributed by atoms with E-state index >= 15 is 0 Å². The molecule has 168 valence electrons. The van der Waals surface area contributed by atoms with Gasteiger partial charge in [-0.25, -0.2) is 0 Å². The van der Waals surface area contributed by atoms with Crippen molar-refractivity contribution in [2.45, 2.75) is 25.8 Å². The van der Waals surface area contributed by atoms with Crippen molar-refractivity contribution in [3.63, 3.8) is 0 Å². The number of halogens is 1. The molecule has 0 unspecified atom stereocenters. The van der Waals surface area contributed by atoms with Crippen LogP contribution in [0.1, 0.15) is 35.2 Å². The number of carbonyl (C=O) groups excluding carboxylic acids is 1. The molecule has 0 radical (unpaired) electrons. The van der Waals surface area contributed by atoms with Gasteiger partial charge in [-0.1, -0.05) is 30.3 Å². The predicted octanol–water partition coefficient (Wildman–Crippen LogP) is 4.02. The first-order valence-corrected chi connectivity index (χ1v) is 10.7. The summed E-state index contributed by atoms with van der Waals surface area (Å²) in [5.41, 5.74) is 1.88. The van der Waals surface area contributed by atoms with E-state index in [1.54, 1.807) is 7.05 Å². The van der Waals surface area contributed by atoms with Crippen LogP contribution in [0.4, 0.5) is 0 Å². The minimum absolute atomic E-state index is 0. The smallest absolute Gasteiger partial charge is 0.253 e. The summed E-state index contributed by atoms with van der Waals surface area (Å²) in [6.07, 6.45) is 3.44. The third-order valence-electron chi connectivity index (χ3n) is 5.31. The van der Waals surface area contributed by atoms with Gasteiger partial charge in [-0.3, -0.25) is 9.79 Å². The number of aliphatic imine (C=N–C) groups is 1. The first-order chi connectivity index (χ1) is 14.7. The average molecular weight is 536 g/mol. The van der Waals surface area contributed by atoms with Crippen molar-refractivity contribution in [1.29, 1.82) is 0 Å². The molecule has 1 heterocycles. The molecule has 3 rings (SSSR count). The number of carbonyl (C=O) groups is 1. The normalized spacial score (nSPS) is 13.9. The Bertz CT molecular complexity index is 821. The average Bonchev–Trinajstić information content (AvgIpc) is 2.81. The summed E-state index contributed by atoms with van der Waals surface area (Å²) in [7, 11) is 3.77. The molecule has 0 aliphatic carbocycles. The van der Waals surface area contributed by atoms with E-state index in [2.05, 4.69) is 10.3 Å². The lowest BCUT2D eigenvalue weighted by atomic mass is 10.1. The minimum Gasteiger partial charge on any atom is -0.492 e. The number of nitrogens with zero attached hydrogens (tertiary/aromatic N) is 3. The van der Waals surface area contributed by atoms with Gasteiger partial charge >= 0.3 is 0 Å². The van der Waals surface area contributed by atoms with Crippen LogP contribution in [0.3, 0.4) is 0 Å². The number of likely N-dealkylation sites (tertiary alicyclic amines) is 1. The lowest BCUT2D eigenvalue weighted by Crippen LogP contribution is -2.40. The number of piperidine rings is 1. The predicted molar refractivity (Wildman–Crippen MR) is 136 cm³/mol. The van der Waals surface area contributed by atoms with Crippen LogP contribution in [0.2, 0.25) is 0 Å². The van der Waals surface area contributed by atoms with Gasteiger partial charge in [0.05, 0.1) is 6.54 Å². The van der Waals surface area contributed by atoms with E-state index in [9.17, 15) is 4.79 Å². The van der Waals surface area contributed by atoms with E-state index in [-0.39, 0.29) is 29.9 Å². The van der Waals surface area contributed by atoms with Crippen molar-refractivity contribution in [2.75, 3.05) is 40.3 Å². The molecule has 2 aromatic carbocycles. The highest BCUT2D eigenvalue weighted by Crippen LogP contribution is 2.14. The van der Waals surface area contributed by atoms with Gasteiger partial charge in [-0.05, 0) is 49.1 Å². The fourth-order valence-corrected chi connectivity index (χ4v) is 3.53. The quantitative estimate of drug-likeness (QED) is 0.330. The Balaban J connectivity index is 0.00000341. The molecule has 1 aliphatic rings. The first kappa shape index (κ1) is 25.0. The van der Waals surface area contributed by atoms with Crippen molar-refractivity contribution in [3.05, 3.63) is 65.7 Å². The molecule has 7 heteroatoms. The zero-order valence-electron chi connectivity index (χ0n) is 18.4. The summed E-state index contributed by atoms with van der Waals surface area (Å²) >= 11 is 0. The maximum atomic E-state index is 12.6. The summed E-state index contributed by atoms with van der Waals surface area (Å²) in [5, 5.41) is 3.37. The molecule has 1 aliphatic heterocycles. The van der Waals surface area contributed by atoms with E-state index < -0.39 is 0 Å². The molecule has 0 saturated carbocycles. The fraction of sp³-hybridized carbons (Fsp3) is 0.417. The van der Waals surface area contributed by atoms with E-state index in [0.29, 0.717) is 13.2 Å². The van der Waals surface area contributed by atoms with Crippen LogP contribution in [0.25, 0.3) is 0 Å². The number of benzene rings is 2. The summed E-state index contributed by atoms with van der Waals surface area (Å²) in [5.74, 6) is 1.82. The van der Waals surface area contributed by atoms with E-state index in [1.165, 1.54) is 6.42 Å². The van der Waals surface area contributed by atoms with Crippen LogP contribution in [0.5, 0.6) is 5.75 Å². The zero-order valence-corrected chi connectivity index (χ0v) is 20.7. The minimum atomic E-state index is 0. The van der Waals surface area contributed by atoms with Crippen LogP contribution in [0.15, 0.2) is 59.6 Å². The Morgan fingerprint density at radius 1 is 1.06 bits per heavy atom. The Kier molecular flexibility index (Phi) is 10.6. The molecule has 0 atom stereocenters. The number of rotatable bonds is 7. The fourth-order valence-electron chi connectivity index (χ4n) is 3.53. The summed E-state index contributed by atoms with van der Waals surface area (Å²) in [6.45, 7) is 3.69. The lowest BCUT2D eigenvalue weighted by Gasteiger charge is -2.26. The second kappa shape index (κ2) is 13.2. The molecule has 1 saturated heterocycles. The first-order valence-electron chi connectivity index (χ1n) is 10.7. The monoisotopic (exact) mass is 536 g/mol. The zero-order chi connectivity index (χ0) is 21.2. The highest BCUT2D eigenvalue weighted by atomic mass is 127. The van der Waals surface area contributed by atoms with Gasteiger partial charge in [-0.2, -0.15) is 0 Å². The highest BCUT2D eigenvalue weighted by molar-refractivity contribution is 14.0. The molecule has 31 heavy (non-hydrogen) atoms. The number of nitrogens with one attached hydrogen (secondary N) is 1. The van der Waals surface area contributed by atoms with Crippen LogP contribution in [0, 0.1) is 0 Å². The second-order valence-corrected chi connectivity index (χ2v) is 7.53. The molecule has 0 aromatic heterocycles. The molecule has 0 bridgehead atoms. The molecule has 1 N–H and O–H groups in total. The number of para-hydroxylation sites is 1. The van der Waals surface area contributed by atoms with Crippen LogP contribution in [-0.2, 0) is 6.54 Å². The van der Waals surface area contributed by atoms with Gasteiger partial charge in [0.2, 0.25) is 0 Å². The number of likely N-dealkylation sites (N-methyl/N-ethyl adjacent to an activating group) is 1. The third-order valence-corrected chi connectivity index (χ3v) is 5.31. The van der Waals surface area contributed by atoms with Gasteiger partial charge in [0.15, 0.2) is 5.96 Å². The summed E-state index contributed by atoms with van der Waals surface area (Å²) in [6, 6.07) is 17.7. The largest absolute Gasteiger partial charge is 0.492 e. The maximum Gasteiger partial charge on any atom is 0.253 e. The van der Waals surface area contributed by atoms with Gasteiger partial charge in [0.1, 0.15) is 12.4 Å². The Hall–Kier alpha value is -2.29. The number of ether oxygens (including phenoxy) is 1. The Labute approximate surface area is 202 Å². The molecule has 1 fully saturated rings.